The van der Waals surface area contributed by atoms with E-state index < -0.39 is 5.82 Å². The summed E-state index contributed by atoms with van der Waals surface area (Å²) in [5.74, 6) is -0.634. The Hall–Kier alpha value is -3.97. The van der Waals surface area contributed by atoms with Crippen LogP contribution in [0.1, 0.15) is 24.0 Å². The van der Waals surface area contributed by atoms with Gasteiger partial charge in [-0.25, -0.2) is 4.39 Å². The Morgan fingerprint density at radius 2 is 1.74 bits per heavy atom. The second kappa shape index (κ2) is 9.72. The first-order valence-corrected chi connectivity index (χ1v) is 11.8. The third-order valence-electron chi connectivity index (χ3n) is 6.49. The van der Waals surface area contributed by atoms with E-state index in [0.29, 0.717) is 29.1 Å². The summed E-state index contributed by atoms with van der Waals surface area (Å²) in [4.78, 5) is 29.5. The molecular weight excluding hydrogens is 443 g/mol. The highest BCUT2D eigenvalue weighted by atomic mass is 19.1. The van der Waals surface area contributed by atoms with Crippen LogP contribution in [0.5, 0.6) is 0 Å². The van der Waals surface area contributed by atoms with Crippen LogP contribution >= 0.6 is 0 Å². The van der Waals surface area contributed by atoms with Gasteiger partial charge in [-0.3, -0.25) is 14.5 Å². The molecule has 178 valence electrons. The molecule has 6 nitrogen and oxygen atoms in total. The topological polar surface area (TPSA) is 64.7 Å². The zero-order chi connectivity index (χ0) is 24.4. The molecule has 35 heavy (non-hydrogen) atoms. The third-order valence-corrected chi connectivity index (χ3v) is 6.49. The Labute approximate surface area is 204 Å². The first kappa shape index (κ1) is 22.8. The fraction of sp³-hybridized carbons (Fsp3) is 0.214. The van der Waals surface area contributed by atoms with Crippen molar-refractivity contribution in [2.75, 3.05) is 42.2 Å². The van der Waals surface area contributed by atoms with Crippen LogP contribution in [0.2, 0.25) is 0 Å². The first-order chi connectivity index (χ1) is 17.0. The predicted octanol–water partition coefficient (Wildman–Crippen LogP) is 4.82. The molecule has 0 unspecified atom stereocenters. The van der Waals surface area contributed by atoms with Crippen LogP contribution in [0.3, 0.4) is 0 Å². The lowest BCUT2D eigenvalue weighted by molar-refractivity contribution is -0.119. The molecule has 1 fully saturated rings. The van der Waals surface area contributed by atoms with Gasteiger partial charge in [0.25, 0.3) is 5.91 Å². The molecule has 2 aliphatic heterocycles. The summed E-state index contributed by atoms with van der Waals surface area (Å²) in [5.41, 5.74) is 4.57. The molecule has 0 bridgehead atoms. The minimum absolute atomic E-state index is 0.0613. The van der Waals surface area contributed by atoms with Crippen molar-refractivity contribution in [3.63, 3.8) is 0 Å². The number of likely N-dealkylation sites (tertiary alicyclic amines) is 1. The van der Waals surface area contributed by atoms with E-state index >= 15 is 0 Å². The van der Waals surface area contributed by atoms with E-state index in [1.807, 2.05) is 54.6 Å². The van der Waals surface area contributed by atoms with Gasteiger partial charge in [0, 0.05) is 24.0 Å². The lowest BCUT2D eigenvalue weighted by Gasteiger charge is -2.22. The maximum Gasteiger partial charge on any atom is 0.258 e. The predicted molar refractivity (Wildman–Crippen MR) is 137 cm³/mol. The van der Waals surface area contributed by atoms with E-state index in [2.05, 4.69) is 15.5 Å². The van der Waals surface area contributed by atoms with Crippen LogP contribution in [-0.2, 0) is 9.59 Å². The molecule has 0 atom stereocenters. The summed E-state index contributed by atoms with van der Waals surface area (Å²) in [6.45, 7) is 2.38. The molecule has 0 aromatic heterocycles. The van der Waals surface area contributed by atoms with Crippen LogP contribution in [0.15, 0.2) is 72.8 Å². The molecule has 2 heterocycles. The molecule has 2 N–H and O–H groups in total. The van der Waals surface area contributed by atoms with Gasteiger partial charge in [-0.2, -0.15) is 0 Å². The zero-order valence-corrected chi connectivity index (χ0v) is 19.6. The van der Waals surface area contributed by atoms with E-state index in [0.717, 1.165) is 42.9 Å². The average molecular weight is 471 g/mol. The van der Waals surface area contributed by atoms with Crippen molar-refractivity contribution in [2.45, 2.75) is 12.8 Å². The van der Waals surface area contributed by atoms with Crippen molar-refractivity contribution in [3.05, 3.63) is 89.7 Å². The smallest absolute Gasteiger partial charge is 0.258 e. The number of fused-ring (bicyclic) bond motifs is 1. The van der Waals surface area contributed by atoms with Crippen molar-refractivity contribution in [3.8, 4) is 0 Å². The number of halogens is 1. The quantitative estimate of drug-likeness (QED) is 0.507. The largest absolute Gasteiger partial charge is 0.354 e. The summed E-state index contributed by atoms with van der Waals surface area (Å²) in [7, 11) is 1.79. The van der Waals surface area contributed by atoms with Crippen molar-refractivity contribution in [1.29, 1.82) is 0 Å². The third kappa shape index (κ3) is 4.81. The number of benzene rings is 3. The van der Waals surface area contributed by atoms with Crippen LogP contribution < -0.4 is 15.5 Å². The van der Waals surface area contributed by atoms with E-state index in [4.69, 9.17) is 0 Å². The molecule has 0 aliphatic carbocycles. The van der Waals surface area contributed by atoms with Gasteiger partial charge >= 0.3 is 0 Å². The maximum atomic E-state index is 13.7. The summed E-state index contributed by atoms with van der Waals surface area (Å²) in [6, 6.07) is 21.4. The molecule has 3 aromatic carbocycles. The van der Waals surface area contributed by atoms with Crippen molar-refractivity contribution in [1.82, 2.24) is 4.90 Å². The normalized spacial score (nSPS) is 16.6. The highest BCUT2D eigenvalue weighted by Gasteiger charge is 2.29. The number of likely N-dealkylation sites (N-methyl/N-ethyl adjacent to an activating group) is 1. The number of hydrogen-bond donors (Lipinski definition) is 2. The number of carbonyl (C=O) groups is 2. The fourth-order valence-corrected chi connectivity index (χ4v) is 4.57. The van der Waals surface area contributed by atoms with E-state index in [-0.39, 0.29) is 11.8 Å². The van der Waals surface area contributed by atoms with Crippen molar-refractivity contribution >= 4 is 40.1 Å². The lowest BCUT2D eigenvalue weighted by Crippen LogP contribution is -2.37. The molecule has 0 spiro atoms. The fourth-order valence-electron chi connectivity index (χ4n) is 4.57. The molecule has 5 rings (SSSR count). The number of nitrogens with one attached hydrogen (secondary N) is 2. The number of amides is 2. The zero-order valence-electron chi connectivity index (χ0n) is 19.6. The van der Waals surface area contributed by atoms with Gasteiger partial charge in [-0.1, -0.05) is 30.3 Å². The molecular formula is C28H27FN4O2. The van der Waals surface area contributed by atoms with Crippen molar-refractivity contribution in [2.24, 2.45) is 0 Å². The Morgan fingerprint density at radius 1 is 1.03 bits per heavy atom. The van der Waals surface area contributed by atoms with Gasteiger partial charge in [-0.15, -0.1) is 0 Å². The summed E-state index contributed by atoms with van der Waals surface area (Å²) in [6.07, 6.45) is 2.29. The van der Waals surface area contributed by atoms with Crippen LogP contribution in [0.25, 0.3) is 11.3 Å². The Kier molecular flexibility index (Phi) is 6.33. The minimum atomic E-state index is -0.404. The number of rotatable bonds is 6. The van der Waals surface area contributed by atoms with Gasteiger partial charge < -0.3 is 15.5 Å². The van der Waals surface area contributed by atoms with E-state index in [9.17, 15) is 14.0 Å². The molecule has 2 aliphatic rings. The Bertz CT molecular complexity index is 1280. The van der Waals surface area contributed by atoms with E-state index in [1.54, 1.807) is 18.0 Å². The number of anilines is 3. The maximum absolute atomic E-state index is 13.7. The molecule has 7 heteroatoms. The van der Waals surface area contributed by atoms with E-state index in [1.165, 1.54) is 12.1 Å². The Balaban J connectivity index is 1.43. The molecule has 2 amide bonds. The van der Waals surface area contributed by atoms with Gasteiger partial charge in [-0.05, 0) is 74.0 Å². The summed E-state index contributed by atoms with van der Waals surface area (Å²) >= 11 is 0. The molecule has 0 saturated carbocycles. The van der Waals surface area contributed by atoms with Gasteiger partial charge in [0.2, 0.25) is 5.91 Å². The standard InChI is InChI=1S/C28H27FN4O2/c1-32(25(34)18-33-15-5-6-16-33)22-12-10-21(11-13-22)30-27(19-7-3-2-4-8-19)26-23-14-9-20(29)17-24(23)31-28(26)35/h2-4,7-14,17,30H,5-6,15-16,18H2,1H3,(H,31,35)/b27-26-. The highest BCUT2D eigenvalue weighted by Crippen LogP contribution is 2.38. The highest BCUT2D eigenvalue weighted by molar-refractivity contribution is 6.37. The molecule has 0 radical (unpaired) electrons. The Morgan fingerprint density at radius 3 is 2.46 bits per heavy atom. The van der Waals surface area contributed by atoms with Crippen LogP contribution in [0.4, 0.5) is 21.5 Å². The van der Waals surface area contributed by atoms with Crippen LogP contribution in [0, 0.1) is 5.82 Å². The number of carbonyl (C=O) groups excluding carboxylic acids is 2. The van der Waals surface area contributed by atoms with Crippen molar-refractivity contribution < 1.29 is 14.0 Å². The summed E-state index contributed by atoms with van der Waals surface area (Å²) in [5, 5.41) is 6.16. The molecule has 1 saturated heterocycles. The second-order valence-corrected chi connectivity index (χ2v) is 8.87. The lowest BCUT2D eigenvalue weighted by atomic mass is 10.00. The SMILES string of the molecule is CN(C(=O)CN1CCCC1)c1ccc(N/C(=C2\C(=O)Nc3cc(F)ccc32)c2ccccc2)cc1. The van der Waals surface area contributed by atoms with Gasteiger partial charge in [0.1, 0.15) is 5.82 Å². The number of nitrogens with zero attached hydrogens (tertiary/aromatic N) is 2. The summed E-state index contributed by atoms with van der Waals surface area (Å²) < 4.78 is 13.7. The first-order valence-electron chi connectivity index (χ1n) is 11.8. The monoisotopic (exact) mass is 470 g/mol. The average Bonchev–Trinajstić information content (AvgIpc) is 3.49. The molecule has 3 aromatic rings. The van der Waals surface area contributed by atoms with Gasteiger partial charge in [0.05, 0.1) is 23.5 Å². The minimum Gasteiger partial charge on any atom is -0.354 e. The van der Waals surface area contributed by atoms with Gasteiger partial charge in [0.15, 0.2) is 0 Å². The number of hydrogen-bond acceptors (Lipinski definition) is 4. The van der Waals surface area contributed by atoms with Crippen LogP contribution in [-0.4, -0.2) is 43.4 Å². The second-order valence-electron chi connectivity index (χ2n) is 8.87.